The van der Waals surface area contributed by atoms with Gasteiger partial charge in [-0.3, -0.25) is 0 Å². The summed E-state index contributed by atoms with van der Waals surface area (Å²) in [6, 6.07) is 0. The quantitative estimate of drug-likeness (QED) is 0.681. The summed E-state index contributed by atoms with van der Waals surface area (Å²) < 4.78 is 2.10. The molecule has 5 rings (SSSR count). The lowest BCUT2D eigenvalue weighted by molar-refractivity contribution is 0.672. The summed E-state index contributed by atoms with van der Waals surface area (Å²) in [5, 5.41) is 1.03. The summed E-state index contributed by atoms with van der Waals surface area (Å²) in [5.41, 5.74) is 14.6. The zero-order valence-corrected chi connectivity index (χ0v) is 15.4. The second-order valence-corrected chi connectivity index (χ2v) is 7.69. The second kappa shape index (κ2) is 6.08. The number of fused-ring (bicyclic) bond motifs is 3. The average molecular weight is 347 g/mol. The standard InChI is InChI=1S/C21H25N5/c1-26-12-11-23-21(26)17-13-7-3-2-4-9-15(13)24-20-18(17)19(22)14-8-5-6-10-16(14)25-20/h11-12H,2-10H2,1H3,(H2,22,24,25). The molecule has 0 atom stereocenters. The Labute approximate surface area is 153 Å². The zero-order chi connectivity index (χ0) is 17.7. The van der Waals surface area contributed by atoms with Crippen LogP contribution in [-0.4, -0.2) is 19.5 Å². The molecule has 2 N–H and O–H groups in total. The molecule has 0 fully saturated rings. The van der Waals surface area contributed by atoms with Gasteiger partial charge in [-0.1, -0.05) is 6.42 Å². The minimum Gasteiger partial charge on any atom is -0.398 e. The Morgan fingerprint density at radius 3 is 2.31 bits per heavy atom. The molecule has 0 amide bonds. The summed E-state index contributed by atoms with van der Waals surface area (Å²) in [7, 11) is 2.06. The minimum absolute atomic E-state index is 0.821. The monoisotopic (exact) mass is 347 g/mol. The van der Waals surface area contributed by atoms with Crippen LogP contribution in [0.5, 0.6) is 0 Å². The number of rotatable bonds is 1. The molecule has 2 aliphatic rings. The van der Waals surface area contributed by atoms with E-state index in [-0.39, 0.29) is 0 Å². The van der Waals surface area contributed by atoms with Crippen molar-refractivity contribution in [3.05, 3.63) is 34.9 Å². The second-order valence-electron chi connectivity index (χ2n) is 7.69. The van der Waals surface area contributed by atoms with Gasteiger partial charge in [0.1, 0.15) is 5.82 Å². The lowest BCUT2D eigenvalue weighted by atomic mass is 9.90. The highest BCUT2D eigenvalue weighted by molar-refractivity contribution is 6.02. The van der Waals surface area contributed by atoms with Crippen molar-refractivity contribution in [2.24, 2.45) is 7.05 Å². The molecule has 0 aromatic carbocycles. The van der Waals surface area contributed by atoms with Crippen LogP contribution >= 0.6 is 0 Å². The first-order valence-electron chi connectivity index (χ1n) is 9.84. The number of hydrogen-bond acceptors (Lipinski definition) is 4. The molecular formula is C21H25N5. The predicted octanol–water partition coefficient (Wildman–Crippen LogP) is 3.76. The normalized spacial score (nSPS) is 17.0. The van der Waals surface area contributed by atoms with E-state index in [0.29, 0.717) is 0 Å². The van der Waals surface area contributed by atoms with Crippen LogP contribution in [0.1, 0.15) is 54.6 Å². The van der Waals surface area contributed by atoms with Crippen LogP contribution in [0.3, 0.4) is 0 Å². The summed E-state index contributed by atoms with van der Waals surface area (Å²) >= 11 is 0. The number of nitrogens with zero attached hydrogens (tertiary/aromatic N) is 4. The Kier molecular flexibility index (Phi) is 3.69. The third-order valence-corrected chi connectivity index (χ3v) is 6.02. The third kappa shape index (κ3) is 2.33. The van der Waals surface area contributed by atoms with E-state index in [2.05, 4.69) is 16.6 Å². The number of aromatic nitrogens is 4. The molecule has 26 heavy (non-hydrogen) atoms. The van der Waals surface area contributed by atoms with E-state index >= 15 is 0 Å². The Balaban J connectivity index is 1.91. The first-order valence-corrected chi connectivity index (χ1v) is 9.84. The van der Waals surface area contributed by atoms with Crippen LogP contribution in [0.4, 0.5) is 5.69 Å². The Morgan fingerprint density at radius 1 is 0.885 bits per heavy atom. The van der Waals surface area contributed by atoms with E-state index in [4.69, 9.17) is 15.7 Å². The van der Waals surface area contributed by atoms with E-state index in [1.165, 1.54) is 54.5 Å². The van der Waals surface area contributed by atoms with Crippen molar-refractivity contribution in [2.45, 2.75) is 57.8 Å². The van der Waals surface area contributed by atoms with Gasteiger partial charge in [0.25, 0.3) is 0 Å². The van der Waals surface area contributed by atoms with Crippen LogP contribution in [-0.2, 0) is 32.7 Å². The molecule has 0 spiro atoms. The van der Waals surface area contributed by atoms with Crippen LogP contribution < -0.4 is 5.73 Å². The van der Waals surface area contributed by atoms with Crippen LogP contribution in [0, 0.1) is 0 Å². The molecule has 0 radical (unpaired) electrons. The molecule has 0 saturated heterocycles. The number of nitrogens with two attached hydrogens (primary N) is 1. The maximum Gasteiger partial charge on any atom is 0.162 e. The summed E-state index contributed by atoms with van der Waals surface area (Å²) in [6.45, 7) is 0. The lowest BCUT2D eigenvalue weighted by Crippen LogP contribution is -2.13. The molecule has 3 aromatic heterocycles. The van der Waals surface area contributed by atoms with Crippen molar-refractivity contribution in [1.29, 1.82) is 0 Å². The smallest absolute Gasteiger partial charge is 0.162 e. The fraction of sp³-hybridized carbons (Fsp3) is 0.476. The molecule has 5 heteroatoms. The third-order valence-electron chi connectivity index (χ3n) is 6.02. The van der Waals surface area contributed by atoms with Gasteiger partial charge in [-0.05, 0) is 62.5 Å². The fourth-order valence-electron chi connectivity index (χ4n) is 4.68. The van der Waals surface area contributed by atoms with E-state index in [9.17, 15) is 0 Å². The zero-order valence-electron chi connectivity index (χ0n) is 15.4. The SMILES string of the molecule is Cn1ccnc1-c1c2c(nc3nc4c(c(N)c13)CCCC4)CCCCC2. The number of anilines is 1. The Hall–Kier alpha value is -2.43. The fourth-order valence-corrected chi connectivity index (χ4v) is 4.68. The van der Waals surface area contributed by atoms with Crippen molar-refractivity contribution < 1.29 is 0 Å². The van der Waals surface area contributed by atoms with E-state index in [0.717, 1.165) is 53.9 Å². The first kappa shape index (κ1) is 15.8. The molecule has 0 saturated carbocycles. The van der Waals surface area contributed by atoms with Crippen LogP contribution in [0.15, 0.2) is 12.4 Å². The first-order chi connectivity index (χ1) is 12.7. The average Bonchev–Trinajstić information content (AvgIpc) is 2.93. The molecule has 3 aromatic rings. The molecule has 2 aliphatic carbocycles. The van der Waals surface area contributed by atoms with Crippen LogP contribution in [0.25, 0.3) is 22.4 Å². The highest BCUT2D eigenvalue weighted by Gasteiger charge is 2.25. The largest absolute Gasteiger partial charge is 0.398 e. The summed E-state index contributed by atoms with van der Waals surface area (Å²) in [4.78, 5) is 14.7. The summed E-state index contributed by atoms with van der Waals surface area (Å²) in [6.07, 6.45) is 14.1. The van der Waals surface area contributed by atoms with Gasteiger partial charge in [0.2, 0.25) is 0 Å². The predicted molar refractivity (Wildman–Crippen MR) is 104 cm³/mol. The highest BCUT2D eigenvalue weighted by Crippen LogP contribution is 2.40. The van der Waals surface area contributed by atoms with Gasteiger partial charge in [-0.2, -0.15) is 0 Å². The van der Waals surface area contributed by atoms with Crippen molar-refractivity contribution in [2.75, 3.05) is 5.73 Å². The number of aryl methyl sites for hydroxylation is 3. The number of hydrogen-bond donors (Lipinski definition) is 1. The molecule has 3 heterocycles. The van der Waals surface area contributed by atoms with Gasteiger partial charge in [0.05, 0.1) is 5.39 Å². The van der Waals surface area contributed by atoms with Crippen molar-refractivity contribution in [3.63, 3.8) is 0 Å². The maximum absolute atomic E-state index is 6.75. The molecule has 0 unspecified atom stereocenters. The molecule has 134 valence electrons. The van der Waals surface area contributed by atoms with Gasteiger partial charge in [-0.15, -0.1) is 0 Å². The van der Waals surface area contributed by atoms with Crippen molar-refractivity contribution >= 4 is 16.7 Å². The van der Waals surface area contributed by atoms with Crippen LogP contribution in [0.2, 0.25) is 0 Å². The molecular weight excluding hydrogens is 322 g/mol. The van der Waals surface area contributed by atoms with Gasteiger partial charge in [0.15, 0.2) is 5.65 Å². The minimum atomic E-state index is 0.821. The molecule has 0 aliphatic heterocycles. The number of pyridine rings is 2. The van der Waals surface area contributed by atoms with Crippen molar-refractivity contribution in [1.82, 2.24) is 19.5 Å². The van der Waals surface area contributed by atoms with Crippen molar-refractivity contribution in [3.8, 4) is 11.4 Å². The molecule has 5 nitrogen and oxygen atoms in total. The van der Waals surface area contributed by atoms with Gasteiger partial charge >= 0.3 is 0 Å². The Morgan fingerprint density at radius 2 is 1.54 bits per heavy atom. The van der Waals surface area contributed by atoms with Gasteiger partial charge in [0, 0.05) is 42.1 Å². The van der Waals surface area contributed by atoms with E-state index < -0.39 is 0 Å². The Bertz CT molecular complexity index is 1000. The molecule has 0 bridgehead atoms. The topological polar surface area (TPSA) is 69.6 Å². The van der Waals surface area contributed by atoms with E-state index in [1.54, 1.807) is 0 Å². The maximum atomic E-state index is 6.75. The van der Waals surface area contributed by atoms with Gasteiger partial charge in [-0.25, -0.2) is 15.0 Å². The van der Waals surface area contributed by atoms with Gasteiger partial charge < -0.3 is 10.3 Å². The number of imidazole rings is 1. The summed E-state index contributed by atoms with van der Waals surface area (Å²) in [5.74, 6) is 0.986. The lowest BCUT2D eigenvalue weighted by Gasteiger charge is -2.22. The van der Waals surface area contributed by atoms with E-state index in [1.807, 2.05) is 12.4 Å². The number of nitrogen functional groups attached to an aromatic ring is 1. The highest BCUT2D eigenvalue weighted by atomic mass is 15.0.